The van der Waals surface area contributed by atoms with Crippen molar-refractivity contribution < 1.29 is 32.0 Å². The van der Waals surface area contributed by atoms with Crippen molar-refractivity contribution in [2.45, 2.75) is 76.9 Å². The molecule has 2 aliphatic rings. The first-order chi connectivity index (χ1) is 20.9. The predicted molar refractivity (Wildman–Crippen MR) is 179 cm³/mol. The monoisotopic (exact) mass is 667 g/mol. The van der Waals surface area contributed by atoms with Gasteiger partial charge >= 0.3 is 23.3 Å². The molecule has 2 aliphatic heterocycles. The lowest BCUT2D eigenvalue weighted by Crippen LogP contribution is -2.56. The molecule has 0 unspecified atom stereocenters. The maximum absolute atomic E-state index is 13.5. The second-order valence-corrected chi connectivity index (χ2v) is 20.1. The Kier molecular flexibility index (Phi) is 11.0. The van der Waals surface area contributed by atoms with Crippen molar-refractivity contribution >= 4 is 39.1 Å². The minimum atomic E-state index is -4.09. The molecule has 2 atom stereocenters. The number of ether oxygens (including phenoxy) is 2. The van der Waals surface area contributed by atoms with Crippen LogP contribution in [0.1, 0.15) is 46.1 Å². The topological polar surface area (TPSA) is 147 Å². The molecule has 0 radical (unpaired) electrons. The number of rotatable bonds is 15. The summed E-state index contributed by atoms with van der Waals surface area (Å²) in [5.41, 5.74) is 5.14. The SMILES string of the molecule is CC1(C)OB(CCC[C@H]2CN(S(=O)(=O)Nc3ccn(COCCS(C)(C)C)n3)C[C@@]2(N)C(=O)OCc2ccccc2)OC1(C)C. The molecule has 3 heterocycles. The number of nitrogens with one attached hydrogen (secondary N) is 1. The van der Waals surface area contributed by atoms with Crippen LogP contribution in [0.15, 0.2) is 42.6 Å². The Balaban J connectivity index is 1.41. The number of benzene rings is 1. The van der Waals surface area contributed by atoms with Crippen LogP contribution in [0, 0.1) is 5.92 Å². The van der Waals surface area contributed by atoms with E-state index in [0.29, 0.717) is 25.8 Å². The molecule has 1 aromatic heterocycles. The molecule has 0 aliphatic carbocycles. The number of anilines is 1. The average molecular weight is 668 g/mol. The van der Waals surface area contributed by atoms with E-state index < -0.39 is 56.0 Å². The van der Waals surface area contributed by atoms with Gasteiger partial charge in [-0.15, -0.1) is 0 Å². The van der Waals surface area contributed by atoms with Gasteiger partial charge in [-0.3, -0.25) is 4.72 Å². The number of nitrogens with two attached hydrogens (primary N) is 1. The maximum atomic E-state index is 13.5. The highest BCUT2D eigenvalue weighted by Gasteiger charge is 2.54. The number of hydrogen-bond acceptors (Lipinski definition) is 9. The van der Waals surface area contributed by atoms with Gasteiger partial charge in [0.2, 0.25) is 0 Å². The summed E-state index contributed by atoms with van der Waals surface area (Å²) in [5, 5.41) is 4.30. The van der Waals surface area contributed by atoms with E-state index in [2.05, 4.69) is 28.6 Å². The van der Waals surface area contributed by atoms with Crippen molar-refractivity contribution in [1.29, 1.82) is 0 Å². The van der Waals surface area contributed by atoms with Gasteiger partial charge < -0.3 is 24.5 Å². The molecule has 0 saturated carbocycles. The lowest BCUT2D eigenvalue weighted by molar-refractivity contribution is -0.152. The molecule has 2 fully saturated rings. The van der Waals surface area contributed by atoms with E-state index in [0.717, 1.165) is 11.3 Å². The van der Waals surface area contributed by atoms with Crippen LogP contribution in [0.3, 0.4) is 0 Å². The molecular formula is C30H50BN5O7S2. The normalized spacial score (nSPS) is 23.7. The van der Waals surface area contributed by atoms with Crippen LogP contribution in [0.4, 0.5) is 5.82 Å². The molecule has 2 saturated heterocycles. The van der Waals surface area contributed by atoms with Crippen LogP contribution in [-0.2, 0) is 47.1 Å². The highest BCUT2D eigenvalue weighted by atomic mass is 32.3. The second-order valence-electron chi connectivity index (χ2n) is 13.9. The fourth-order valence-electron chi connectivity index (χ4n) is 5.28. The van der Waals surface area contributed by atoms with Gasteiger partial charge in [-0.2, -0.15) is 17.8 Å². The van der Waals surface area contributed by atoms with Gasteiger partial charge in [0.1, 0.15) is 18.9 Å². The van der Waals surface area contributed by atoms with Crippen LogP contribution >= 0.6 is 10.0 Å². The number of esters is 1. The highest BCUT2D eigenvalue weighted by molar-refractivity contribution is 8.32. The van der Waals surface area contributed by atoms with Gasteiger partial charge in [0.25, 0.3) is 0 Å². The zero-order valence-electron chi connectivity index (χ0n) is 27.7. The van der Waals surface area contributed by atoms with E-state index in [9.17, 15) is 13.2 Å². The van der Waals surface area contributed by atoms with Crippen LogP contribution in [0.5, 0.6) is 0 Å². The summed E-state index contributed by atoms with van der Waals surface area (Å²) in [6.07, 6.45) is 10.00. The first-order valence-electron chi connectivity index (χ1n) is 15.3. The standard InChI is InChI=1S/C30H50BN5O7S2/c1-28(2)29(3,4)43-31(42-28)16-11-14-25-20-36(22-30(25,32)27(37)41-21-24-12-9-8-10-13-24)45(38,39)34-26-15-17-35(33-26)23-40-18-19-44(5,6)7/h8-10,12-13,15,17,25H,11,14,16,18-23,32H2,1-7H3,(H,33,34)/t25-,30-/m0/s1. The molecule has 0 bridgehead atoms. The Morgan fingerprint density at radius 1 is 1.11 bits per heavy atom. The Hall–Kier alpha value is -2.14. The minimum absolute atomic E-state index is 0.0425. The van der Waals surface area contributed by atoms with Crippen LogP contribution in [0.25, 0.3) is 0 Å². The number of aromatic nitrogens is 2. The fraction of sp³-hybridized carbons (Fsp3) is 0.667. The Bertz CT molecular complexity index is 1380. The van der Waals surface area contributed by atoms with Crippen molar-refractivity contribution in [3.8, 4) is 0 Å². The van der Waals surface area contributed by atoms with Crippen LogP contribution in [0.2, 0.25) is 6.32 Å². The number of hydrogen-bond donors (Lipinski definition) is 2. The molecular weight excluding hydrogens is 617 g/mol. The average Bonchev–Trinajstić information content (AvgIpc) is 3.59. The van der Waals surface area contributed by atoms with Gasteiger partial charge in [0, 0.05) is 37.0 Å². The third-order valence-corrected chi connectivity index (χ3v) is 11.6. The lowest BCUT2D eigenvalue weighted by Gasteiger charge is -2.32. The minimum Gasteiger partial charge on any atom is -0.459 e. The smallest absolute Gasteiger partial charge is 0.457 e. The van der Waals surface area contributed by atoms with Crippen LogP contribution < -0.4 is 10.5 Å². The maximum Gasteiger partial charge on any atom is 0.457 e. The van der Waals surface area contributed by atoms with Crippen molar-refractivity contribution in [2.75, 3.05) is 48.9 Å². The summed E-state index contributed by atoms with van der Waals surface area (Å²) < 4.78 is 55.9. The van der Waals surface area contributed by atoms with Gasteiger partial charge in [-0.05, 0) is 64.8 Å². The van der Waals surface area contributed by atoms with E-state index in [4.69, 9.17) is 24.5 Å². The number of carbonyl (C=O) groups is 1. The molecule has 2 aromatic rings. The van der Waals surface area contributed by atoms with Gasteiger partial charge in [0.15, 0.2) is 5.82 Å². The van der Waals surface area contributed by atoms with Crippen molar-refractivity contribution in [3.63, 3.8) is 0 Å². The molecule has 4 rings (SSSR count). The second kappa shape index (κ2) is 13.9. The van der Waals surface area contributed by atoms with Gasteiger partial charge in [0.05, 0.1) is 17.8 Å². The Morgan fingerprint density at radius 2 is 1.78 bits per heavy atom. The van der Waals surface area contributed by atoms with Crippen LogP contribution in [-0.4, -0.2) is 96.5 Å². The summed E-state index contributed by atoms with van der Waals surface area (Å²) >= 11 is 0. The molecule has 3 N–H and O–H groups in total. The summed E-state index contributed by atoms with van der Waals surface area (Å²) in [6, 6.07) is 10.9. The molecule has 12 nitrogen and oxygen atoms in total. The van der Waals surface area contributed by atoms with Gasteiger partial charge in [-0.25, -0.2) is 19.5 Å². The zero-order valence-corrected chi connectivity index (χ0v) is 29.3. The van der Waals surface area contributed by atoms with Crippen molar-refractivity contribution in [2.24, 2.45) is 11.7 Å². The third kappa shape index (κ3) is 9.24. The molecule has 252 valence electrons. The van der Waals surface area contributed by atoms with E-state index in [1.54, 1.807) is 12.3 Å². The molecule has 0 spiro atoms. The highest BCUT2D eigenvalue weighted by Crippen LogP contribution is 2.39. The summed E-state index contributed by atoms with van der Waals surface area (Å²) in [7, 11) is -5.16. The number of nitrogens with zero attached hydrogens (tertiary/aromatic N) is 3. The van der Waals surface area contributed by atoms with Crippen molar-refractivity contribution in [3.05, 3.63) is 48.2 Å². The first-order valence-corrected chi connectivity index (χ1v) is 19.8. The molecule has 1 aromatic carbocycles. The quantitative estimate of drug-likeness (QED) is 0.166. The Labute approximate surface area is 270 Å². The van der Waals surface area contributed by atoms with Crippen molar-refractivity contribution in [1.82, 2.24) is 14.1 Å². The Morgan fingerprint density at radius 3 is 2.42 bits per heavy atom. The summed E-state index contributed by atoms with van der Waals surface area (Å²) in [5.74, 6) is -0.00718. The molecule has 0 amide bonds. The van der Waals surface area contributed by atoms with E-state index >= 15 is 0 Å². The zero-order chi connectivity index (χ0) is 33.1. The first kappa shape index (κ1) is 35.7. The van der Waals surface area contributed by atoms with E-state index in [-0.39, 0.29) is 32.2 Å². The van der Waals surface area contributed by atoms with E-state index in [1.807, 2.05) is 58.0 Å². The molecule has 45 heavy (non-hydrogen) atoms. The summed E-state index contributed by atoms with van der Waals surface area (Å²) in [4.78, 5) is 13.5. The number of carbonyl (C=O) groups excluding carboxylic acids is 1. The van der Waals surface area contributed by atoms with E-state index in [1.165, 1.54) is 8.99 Å². The molecule has 15 heteroatoms. The fourth-order valence-corrected chi connectivity index (χ4v) is 7.16. The summed E-state index contributed by atoms with van der Waals surface area (Å²) in [6.45, 7) is 8.67. The lowest BCUT2D eigenvalue weighted by atomic mass is 9.78. The largest absolute Gasteiger partial charge is 0.459 e. The predicted octanol–water partition coefficient (Wildman–Crippen LogP) is 3.45. The third-order valence-electron chi connectivity index (χ3n) is 8.76. The van der Waals surface area contributed by atoms with Gasteiger partial charge in [-0.1, -0.05) is 36.8 Å².